The van der Waals surface area contributed by atoms with Crippen LogP contribution in [-0.2, 0) is 9.59 Å². The smallest absolute Gasteiger partial charge is 0.387 e. The number of alkyl halides is 2. The number of aliphatic imine (C=N–C) groups is 1. The monoisotopic (exact) mass is 497 g/mol. The maximum atomic E-state index is 13.1. The number of rotatable bonds is 8. The predicted molar refractivity (Wildman–Crippen MR) is 130 cm³/mol. The number of nitrogens with one attached hydrogen (secondary N) is 1. The van der Waals surface area contributed by atoms with Gasteiger partial charge in [-0.1, -0.05) is 42.1 Å². The van der Waals surface area contributed by atoms with Gasteiger partial charge in [-0.3, -0.25) is 14.5 Å². The summed E-state index contributed by atoms with van der Waals surface area (Å²) in [6.07, 6.45) is 2.97. The molecule has 0 fully saturated rings. The lowest BCUT2D eigenvalue weighted by molar-refractivity contribution is -0.119. The molecule has 7 nitrogen and oxygen atoms in total. The number of hydrogen-bond acceptors (Lipinski definition) is 6. The standard InChI is InChI=1S/C25H21F2N3O4S/c1-16(17-6-3-2-4-7-17)28-22(31)15-35-25-29-21(14-20-8-5-13-33-20)23(32)30(25)18-9-11-19(12-10-18)34-24(26)27/h2-14,16,24H,15H2,1H3,(H,28,31)/b21-14-/t16-/m1/s1. The highest BCUT2D eigenvalue weighted by atomic mass is 32.2. The van der Waals surface area contributed by atoms with Crippen molar-refractivity contribution >= 4 is 40.5 Å². The molecular weight excluding hydrogens is 476 g/mol. The molecule has 10 heteroatoms. The molecule has 2 aromatic carbocycles. The highest BCUT2D eigenvalue weighted by Crippen LogP contribution is 2.31. The average molecular weight is 498 g/mol. The SMILES string of the molecule is C[C@@H](NC(=O)CSC1=N/C(=C\c2ccco2)C(=O)N1c1ccc(OC(F)F)cc1)c1ccccc1. The number of benzene rings is 2. The molecule has 35 heavy (non-hydrogen) atoms. The van der Waals surface area contributed by atoms with Gasteiger partial charge in [-0.15, -0.1) is 0 Å². The molecule has 1 aliphatic rings. The minimum absolute atomic E-state index is 0.0143. The Morgan fingerprint density at radius 3 is 2.54 bits per heavy atom. The average Bonchev–Trinajstić information content (AvgIpc) is 3.47. The van der Waals surface area contributed by atoms with Gasteiger partial charge in [0.15, 0.2) is 5.17 Å². The number of carbonyl (C=O) groups excluding carboxylic acids is 2. The van der Waals surface area contributed by atoms with Crippen molar-refractivity contribution in [3.63, 3.8) is 0 Å². The number of amidine groups is 1. The fourth-order valence-corrected chi connectivity index (χ4v) is 4.17. The van der Waals surface area contributed by atoms with Gasteiger partial charge in [-0.2, -0.15) is 8.78 Å². The third-order valence-electron chi connectivity index (χ3n) is 4.98. The number of furan rings is 1. The van der Waals surface area contributed by atoms with Crippen LogP contribution in [-0.4, -0.2) is 29.3 Å². The summed E-state index contributed by atoms with van der Waals surface area (Å²) in [6.45, 7) is -1.07. The lowest BCUT2D eigenvalue weighted by atomic mass is 10.1. The number of ether oxygens (including phenoxy) is 1. The van der Waals surface area contributed by atoms with Crippen LogP contribution in [0.4, 0.5) is 14.5 Å². The number of thioether (sulfide) groups is 1. The second kappa shape index (κ2) is 11.0. The fourth-order valence-electron chi connectivity index (χ4n) is 3.34. The fraction of sp³-hybridized carbons (Fsp3) is 0.160. The lowest BCUT2D eigenvalue weighted by Crippen LogP contribution is -2.33. The van der Waals surface area contributed by atoms with Crippen LogP contribution in [0, 0.1) is 0 Å². The van der Waals surface area contributed by atoms with Crippen molar-refractivity contribution < 1.29 is 27.5 Å². The number of nitrogens with zero attached hydrogens (tertiary/aromatic N) is 2. The van der Waals surface area contributed by atoms with E-state index in [1.54, 1.807) is 12.1 Å². The van der Waals surface area contributed by atoms with Crippen molar-refractivity contribution in [2.75, 3.05) is 10.7 Å². The predicted octanol–water partition coefficient (Wildman–Crippen LogP) is 5.24. The maximum absolute atomic E-state index is 13.1. The van der Waals surface area contributed by atoms with Crippen molar-refractivity contribution in [3.05, 3.63) is 90.0 Å². The zero-order valence-electron chi connectivity index (χ0n) is 18.6. The molecule has 1 aromatic heterocycles. The minimum atomic E-state index is -2.96. The van der Waals surface area contributed by atoms with E-state index in [1.807, 2.05) is 37.3 Å². The van der Waals surface area contributed by atoms with Gasteiger partial charge in [0.05, 0.1) is 23.7 Å². The minimum Gasteiger partial charge on any atom is -0.465 e. The van der Waals surface area contributed by atoms with Gasteiger partial charge < -0.3 is 14.5 Å². The molecule has 0 unspecified atom stereocenters. The Bertz CT molecular complexity index is 1230. The maximum Gasteiger partial charge on any atom is 0.387 e. The van der Waals surface area contributed by atoms with E-state index in [4.69, 9.17) is 4.42 Å². The van der Waals surface area contributed by atoms with Crippen molar-refractivity contribution in [2.24, 2.45) is 4.99 Å². The molecule has 1 N–H and O–H groups in total. The Morgan fingerprint density at radius 2 is 1.89 bits per heavy atom. The Labute approximate surface area is 204 Å². The molecule has 0 bridgehead atoms. The summed E-state index contributed by atoms with van der Waals surface area (Å²) < 4.78 is 34.6. The topological polar surface area (TPSA) is 84.1 Å². The van der Waals surface area contributed by atoms with Crippen LogP contribution < -0.4 is 15.0 Å². The van der Waals surface area contributed by atoms with Crippen LogP contribution in [0.2, 0.25) is 0 Å². The Kier molecular flexibility index (Phi) is 7.61. The van der Waals surface area contributed by atoms with Crippen molar-refractivity contribution in [3.8, 4) is 5.75 Å². The first-order chi connectivity index (χ1) is 16.9. The first-order valence-corrected chi connectivity index (χ1v) is 11.6. The van der Waals surface area contributed by atoms with E-state index in [-0.39, 0.29) is 34.3 Å². The molecule has 0 spiro atoms. The molecule has 1 aliphatic heterocycles. The summed E-state index contributed by atoms with van der Waals surface area (Å²) in [5.41, 5.74) is 1.48. The molecule has 0 aliphatic carbocycles. The van der Waals surface area contributed by atoms with Gasteiger partial charge in [0, 0.05) is 6.08 Å². The summed E-state index contributed by atoms with van der Waals surface area (Å²) in [5.74, 6) is -0.254. The number of amides is 2. The summed E-state index contributed by atoms with van der Waals surface area (Å²) in [5, 5.41) is 3.20. The van der Waals surface area contributed by atoms with Crippen molar-refractivity contribution in [1.29, 1.82) is 0 Å². The molecule has 0 saturated carbocycles. The molecule has 2 heterocycles. The largest absolute Gasteiger partial charge is 0.465 e. The number of carbonyl (C=O) groups is 2. The zero-order valence-corrected chi connectivity index (χ0v) is 19.4. The van der Waals surface area contributed by atoms with E-state index in [0.29, 0.717) is 11.4 Å². The van der Waals surface area contributed by atoms with Crippen LogP contribution in [0.15, 0.2) is 88.1 Å². The normalized spacial score (nSPS) is 15.4. The number of anilines is 1. The van der Waals surface area contributed by atoms with Gasteiger partial charge in [-0.25, -0.2) is 4.99 Å². The third-order valence-corrected chi connectivity index (χ3v) is 5.92. The zero-order chi connectivity index (χ0) is 24.8. The highest BCUT2D eigenvalue weighted by molar-refractivity contribution is 8.14. The Hall–Kier alpha value is -3.92. The van der Waals surface area contributed by atoms with E-state index in [1.165, 1.54) is 41.5 Å². The summed E-state index contributed by atoms with van der Waals surface area (Å²) in [7, 11) is 0. The second-order valence-corrected chi connectivity index (χ2v) is 8.38. The van der Waals surface area contributed by atoms with E-state index < -0.39 is 12.5 Å². The highest BCUT2D eigenvalue weighted by Gasteiger charge is 2.32. The molecule has 4 rings (SSSR count). The van der Waals surface area contributed by atoms with Crippen LogP contribution in [0.1, 0.15) is 24.3 Å². The molecule has 0 radical (unpaired) electrons. The molecular formula is C25H21F2N3O4S. The van der Waals surface area contributed by atoms with E-state index in [9.17, 15) is 18.4 Å². The molecule has 0 saturated heterocycles. The van der Waals surface area contributed by atoms with E-state index >= 15 is 0 Å². The number of hydrogen-bond donors (Lipinski definition) is 1. The van der Waals surface area contributed by atoms with Crippen LogP contribution in [0.3, 0.4) is 0 Å². The Balaban J connectivity index is 1.51. The third kappa shape index (κ3) is 6.15. The van der Waals surface area contributed by atoms with Gasteiger partial charge in [0.25, 0.3) is 5.91 Å². The number of halogens is 2. The van der Waals surface area contributed by atoms with E-state index in [2.05, 4.69) is 15.0 Å². The second-order valence-electron chi connectivity index (χ2n) is 7.44. The molecule has 3 aromatic rings. The van der Waals surface area contributed by atoms with Crippen molar-refractivity contribution in [1.82, 2.24) is 5.32 Å². The molecule has 180 valence electrons. The van der Waals surface area contributed by atoms with Crippen molar-refractivity contribution in [2.45, 2.75) is 19.6 Å². The lowest BCUT2D eigenvalue weighted by Gasteiger charge is -2.19. The van der Waals surface area contributed by atoms with Gasteiger partial charge in [0.1, 0.15) is 17.2 Å². The first-order valence-electron chi connectivity index (χ1n) is 10.6. The summed E-state index contributed by atoms with van der Waals surface area (Å²) in [4.78, 5) is 31.5. The summed E-state index contributed by atoms with van der Waals surface area (Å²) >= 11 is 1.09. The van der Waals surface area contributed by atoms with Crippen LogP contribution >= 0.6 is 11.8 Å². The van der Waals surface area contributed by atoms with Gasteiger partial charge in [-0.05, 0) is 48.9 Å². The van der Waals surface area contributed by atoms with Crippen LogP contribution in [0.25, 0.3) is 6.08 Å². The quantitative estimate of drug-likeness (QED) is 0.431. The first kappa shape index (κ1) is 24.2. The Morgan fingerprint density at radius 1 is 1.14 bits per heavy atom. The van der Waals surface area contributed by atoms with Crippen LogP contribution in [0.5, 0.6) is 5.75 Å². The molecule has 2 amide bonds. The summed E-state index contributed by atoms with van der Waals surface area (Å²) in [6, 6.07) is 18.3. The van der Waals surface area contributed by atoms with Gasteiger partial charge in [0.2, 0.25) is 5.91 Å². The van der Waals surface area contributed by atoms with E-state index in [0.717, 1.165) is 17.3 Å². The molecule has 1 atom stereocenters. The van der Waals surface area contributed by atoms with Gasteiger partial charge >= 0.3 is 6.61 Å².